The average Bonchev–Trinajstić information content (AvgIpc) is 3.10. The van der Waals surface area contributed by atoms with Crippen molar-refractivity contribution in [3.8, 4) is 11.4 Å². The number of allylic oxidation sites excluding steroid dienone is 1. The number of aromatic amines is 1. The van der Waals surface area contributed by atoms with Gasteiger partial charge in [-0.25, -0.2) is 9.37 Å². The first-order valence-electron chi connectivity index (χ1n) is 8.47. The van der Waals surface area contributed by atoms with Gasteiger partial charge in [-0.1, -0.05) is 35.5 Å². The molecule has 0 aliphatic heterocycles. The molecule has 2 aromatic rings. The maximum atomic E-state index is 13.7. The monoisotopic (exact) mass is 360 g/mol. The lowest BCUT2D eigenvalue weighted by atomic mass is 9.97. The molecule has 1 amide bonds. The van der Waals surface area contributed by atoms with Crippen LogP contribution in [0.25, 0.3) is 11.4 Å². The van der Waals surface area contributed by atoms with E-state index in [4.69, 9.17) is 0 Å². The summed E-state index contributed by atoms with van der Waals surface area (Å²) in [5.41, 5.74) is 1.81. The zero-order valence-corrected chi connectivity index (χ0v) is 14.7. The van der Waals surface area contributed by atoms with Crippen LogP contribution in [0.1, 0.15) is 32.1 Å². The van der Waals surface area contributed by atoms with Crippen LogP contribution < -0.4 is 5.32 Å². The van der Waals surface area contributed by atoms with Crippen LogP contribution in [0.4, 0.5) is 4.39 Å². The lowest BCUT2D eigenvalue weighted by molar-refractivity contribution is -0.118. The number of aromatic nitrogens is 3. The fourth-order valence-electron chi connectivity index (χ4n) is 2.76. The molecule has 132 valence electrons. The molecule has 1 aromatic carbocycles. The van der Waals surface area contributed by atoms with Gasteiger partial charge in [0.05, 0.1) is 11.3 Å². The van der Waals surface area contributed by atoms with E-state index in [2.05, 4.69) is 26.6 Å². The summed E-state index contributed by atoms with van der Waals surface area (Å²) in [6.07, 6.45) is 8.06. The van der Waals surface area contributed by atoms with E-state index in [9.17, 15) is 9.18 Å². The number of carbonyl (C=O) groups excluding carboxylic acids is 1. The Kier molecular flexibility index (Phi) is 6.22. The standard InChI is InChI=1S/C18H21FN4OS/c19-15-9-5-4-8-14(15)17-21-18(23-22-17)25-12-16(24)20-11-10-13-6-2-1-3-7-13/h4-6,8-9H,1-3,7,10-12H2,(H,20,24)(H,21,22,23). The molecule has 1 aliphatic carbocycles. The summed E-state index contributed by atoms with van der Waals surface area (Å²) in [5, 5.41) is 10.1. The number of halogens is 1. The van der Waals surface area contributed by atoms with Crippen LogP contribution in [-0.2, 0) is 4.79 Å². The van der Waals surface area contributed by atoms with Crippen molar-refractivity contribution in [1.82, 2.24) is 20.5 Å². The Labute approximate surface area is 150 Å². The Balaban J connectivity index is 1.43. The number of thioether (sulfide) groups is 1. The number of nitrogens with one attached hydrogen (secondary N) is 2. The first-order valence-corrected chi connectivity index (χ1v) is 9.45. The summed E-state index contributed by atoms with van der Waals surface area (Å²) in [5.74, 6) is 0.210. The van der Waals surface area contributed by atoms with E-state index in [1.165, 1.54) is 36.2 Å². The summed E-state index contributed by atoms with van der Waals surface area (Å²) in [6, 6.07) is 6.37. The molecular formula is C18H21FN4OS. The quantitative estimate of drug-likeness (QED) is 0.583. The van der Waals surface area contributed by atoms with Gasteiger partial charge in [0, 0.05) is 6.54 Å². The number of amides is 1. The van der Waals surface area contributed by atoms with Gasteiger partial charge in [0.1, 0.15) is 5.82 Å². The van der Waals surface area contributed by atoms with Crippen molar-refractivity contribution in [3.63, 3.8) is 0 Å². The molecule has 1 aromatic heterocycles. The number of H-pyrrole nitrogens is 1. The van der Waals surface area contributed by atoms with E-state index in [-0.39, 0.29) is 17.5 Å². The maximum Gasteiger partial charge on any atom is 0.230 e. The van der Waals surface area contributed by atoms with Crippen molar-refractivity contribution in [1.29, 1.82) is 0 Å². The number of rotatable bonds is 7. The van der Waals surface area contributed by atoms with E-state index in [0.717, 1.165) is 19.3 Å². The van der Waals surface area contributed by atoms with Crippen molar-refractivity contribution in [2.24, 2.45) is 0 Å². The Hall–Kier alpha value is -2.15. The highest BCUT2D eigenvalue weighted by molar-refractivity contribution is 7.99. The van der Waals surface area contributed by atoms with E-state index >= 15 is 0 Å². The summed E-state index contributed by atoms with van der Waals surface area (Å²) in [7, 11) is 0. The second-order valence-electron chi connectivity index (χ2n) is 5.94. The number of benzene rings is 1. The second-order valence-corrected chi connectivity index (χ2v) is 6.89. The van der Waals surface area contributed by atoms with Crippen LogP contribution in [0.5, 0.6) is 0 Å². The number of carbonyl (C=O) groups is 1. The molecule has 0 saturated heterocycles. The summed E-state index contributed by atoms with van der Waals surface area (Å²) >= 11 is 1.23. The lowest BCUT2D eigenvalue weighted by Gasteiger charge is -2.12. The third-order valence-electron chi connectivity index (χ3n) is 4.08. The Bertz CT molecular complexity index is 759. The zero-order chi connectivity index (χ0) is 17.5. The van der Waals surface area contributed by atoms with Gasteiger partial charge in [-0.3, -0.25) is 9.89 Å². The predicted octanol–water partition coefficient (Wildman–Crippen LogP) is 3.71. The van der Waals surface area contributed by atoms with Crippen molar-refractivity contribution < 1.29 is 9.18 Å². The minimum Gasteiger partial charge on any atom is -0.355 e. The lowest BCUT2D eigenvalue weighted by Crippen LogP contribution is -2.26. The van der Waals surface area contributed by atoms with Gasteiger partial charge in [-0.05, 0) is 44.2 Å². The van der Waals surface area contributed by atoms with Crippen molar-refractivity contribution in [3.05, 3.63) is 41.7 Å². The van der Waals surface area contributed by atoms with Crippen molar-refractivity contribution in [2.75, 3.05) is 12.3 Å². The summed E-state index contributed by atoms with van der Waals surface area (Å²) in [4.78, 5) is 16.1. The van der Waals surface area contributed by atoms with Crippen LogP contribution in [0.3, 0.4) is 0 Å². The fraction of sp³-hybridized carbons (Fsp3) is 0.389. The van der Waals surface area contributed by atoms with Crippen LogP contribution in [0.2, 0.25) is 0 Å². The van der Waals surface area contributed by atoms with Gasteiger partial charge in [-0.15, -0.1) is 5.10 Å². The second kappa shape index (κ2) is 8.80. The molecule has 5 nitrogen and oxygen atoms in total. The Morgan fingerprint density at radius 1 is 1.32 bits per heavy atom. The minimum atomic E-state index is -0.357. The van der Waals surface area contributed by atoms with E-state index in [1.807, 2.05) is 0 Å². The molecule has 1 aliphatic rings. The third-order valence-corrected chi connectivity index (χ3v) is 4.93. The van der Waals surface area contributed by atoms with Crippen LogP contribution in [0.15, 0.2) is 41.1 Å². The molecule has 0 unspecified atom stereocenters. The normalized spacial score (nSPS) is 14.2. The van der Waals surface area contributed by atoms with Crippen LogP contribution in [-0.4, -0.2) is 33.4 Å². The van der Waals surface area contributed by atoms with Gasteiger partial charge < -0.3 is 5.32 Å². The first-order chi connectivity index (χ1) is 12.2. The average molecular weight is 360 g/mol. The topological polar surface area (TPSA) is 70.7 Å². The number of hydrogen-bond acceptors (Lipinski definition) is 4. The van der Waals surface area contributed by atoms with Gasteiger partial charge in [-0.2, -0.15) is 0 Å². The van der Waals surface area contributed by atoms with E-state index in [1.54, 1.807) is 18.2 Å². The molecule has 0 atom stereocenters. The predicted molar refractivity (Wildman–Crippen MR) is 96.7 cm³/mol. The molecule has 0 bridgehead atoms. The fourth-order valence-corrected chi connectivity index (χ4v) is 3.39. The molecule has 1 heterocycles. The highest BCUT2D eigenvalue weighted by Gasteiger charge is 2.11. The summed E-state index contributed by atoms with van der Waals surface area (Å²) in [6.45, 7) is 0.666. The number of hydrogen-bond donors (Lipinski definition) is 2. The van der Waals surface area contributed by atoms with Gasteiger partial charge in [0.15, 0.2) is 5.82 Å². The molecule has 7 heteroatoms. The Morgan fingerprint density at radius 3 is 3.00 bits per heavy atom. The SMILES string of the molecule is O=C(CSc1n[nH]c(-c2ccccc2F)n1)NCCC1=CCCCC1. The molecule has 0 saturated carbocycles. The Morgan fingerprint density at radius 2 is 2.20 bits per heavy atom. The van der Waals surface area contributed by atoms with E-state index < -0.39 is 0 Å². The zero-order valence-electron chi connectivity index (χ0n) is 13.9. The molecule has 0 spiro atoms. The molecule has 3 rings (SSSR count). The molecule has 2 N–H and O–H groups in total. The van der Waals surface area contributed by atoms with Gasteiger partial charge in [0.25, 0.3) is 0 Å². The number of nitrogens with zero attached hydrogens (tertiary/aromatic N) is 2. The smallest absolute Gasteiger partial charge is 0.230 e. The van der Waals surface area contributed by atoms with Gasteiger partial charge in [0.2, 0.25) is 11.1 Å². The molecular weight excluding hydrogens is 339 g/mol. The molecule has 0 radical (unpaired) electrons. The highest BCUT2D eigenvalue weighted by atomic mass is 32.2. The minimum absolute atomic E-state index is 0.0429. The van der Waals surface area contributed by atoms with Crippen LogP contribution in [0, 0.1) is 5.82 Å². The van der Waals surface area contributed by atoms with Crippen molar-refractivity contribution in [2.45, 2.75) is 37.3 Å². The first kappa shape index (κ1) is 17.7. The summed E-state index contributed by atoms with van der Waals surface area (Å²) < 4.78 is 13.7. The molecule has 25 heavy (non-hydrogen) atoms. The van der Waals surface area contributed by atoms with Crippen LogP contribution >= 0.6 is 11.8 Å². The highest BCUT2D eigenvalue weighted by Crippen LogP contribution is 2.22. The maximum absolute atomic E-state index is 13.7. The third kappa shape index (κ3) is 5.16. The molecule has 0 fully saturated rings. The van der Waals surface area contributed by atoms with Gasteiger partial charge >= 0.3 is 0 Å². The van der Waals surface area contributed by atoms with E-state index in [0.29, 0.717) is 23.1 Å². The largest absolute Gasteiger partial charge is 0.355 e. The van der Waals surface area contributed by atoms with Crippen molar-refractivity contribution >= 4 is 17.7 Å².